The van der Waals surface area contributed by atoms with Gasteiger partial charge in [0.1, 0.15) is 11.8 Å². The van der Waals surface area contributed by atoms with E-state index in [2.05, 4.69) is 0 Å². The monoisotopic (exact) mass is 410 g/mol. The van der Waals surface area contributed by atoms with Crippen LogP contribution in [0.15, 0.2) is 36.4 Å². The first-order chi connectivity index (χ1) is 14.5. The van der Waals surface area contributed by atoms with Gasteiger partial charge in [-0.05, 0) is 41.8 Å². The van der Waals surface area contributed by atoms with E-state index < -0.39 is 5.97 Å². The zero-order chi connectivity index (χ0) is 21.5. The van der Waals surface area contributed by atoms with Crippen molar-refractivity contribution in [1.82, 2.24) is 4.90 Å². The quantitative estimate of drug-likeness (QED) is 0.645. The topological polar surface area (TPSA) is 98.1 Å². The van der Waals surface area contributed by atoms with Crippen molar-refractivity contribution in [3.63, 3.8) is 0 Å². The molecule has 0 saturated carbocycles. The molecule has 0 spiro atoms. The summed E-state index contributed by atoms with van der Waals surface area (Å²) in [5, 5.41) is 9.02. The molecule has 0 unspecified atom stereocenters. The second-order valence-corrected chi connectivity index (χ2v) is 6.60. The van der Waals surface area contributed by atoms with Crippen LogP contribution in [0.4, 0.5) is 0 Å². The number of fused-ring (bicyclic) bond motifs is 1. The molecule has 0 aromatic heterocycles. The first-order valence-electron chi connectivity index (χ1n) is 9.34. The molecule has 2 aromatic carbocycles. The molecule has 8 heteroatoms. The molecule has 0 atom stereocenters. The van der Waals surface area contributed by atoms with E-state index in [9.17, 15) is 9.59 Å². The Morgan fingerprint density at radius 2 is 1.73 bits per heavy atom. The molecule has 8 nitrogen and oxygen atoms in total. The molecule has 156 valence electrons. The maximum Gasteiger partial charge on any atom is 0.344 e. The summed E-state index contributed by atoms with van der Waals surface area (Å²) < 4.78 is 21.0. The number of nitrogens with zero attached hydrogens (tertiary/aromatic N) is 2. The van der Waals surface area contributed by atoms with Crippen LogP contribution in [-0.4, -0.2) is 50.8 Å². The van der Waals surface area contributed by atoms with E-state index in [0.29, 0.717) is 42.3 Å². The lowest BCUT2D eigenvalue weighted by molar-refractivity contribution is -0.154. The number of esters is 1. The smallest absolute Gasteiger partial charge is 0.344 e. The molecule has 0 aliphatic carbocycles. The standard InChI is InChI=1S/C22H22N2O6/c1-27-19-9-15-7-8-24(12-17(15)10-20(19)28-2)21(25)13-30-22(26)14-29-18-6-4-3-5-16(18)11-23/h3-6,9-10H,7-8,12-14H2,1-2H3. The summed E-state index contributed by atoms with van der Waals surface area (Å²) >= 11 is 0. The Morgan fingerprint density at radius 1 is 1.03 bits per heavy atom. The van der Waals surface area contributed by atoms with Crippen molar-refractivity contribution in [1.29, 1.82) is 5.26 Å². The first kappa shape index (κ1) is 21.0. The Hall–Kier alpha value is -3.73. The zero-order valence-electron chi connectivity index (χ0n) is 16.8. The number of carbonyl (C=O) groups excluding carboxylic acids is 2. The molecule has 1 amide bonds. The van der Waals surface area contributed by atoms with Gasteiger partial charge in [0, 0.05) is 13.1 Å². The minimum atomic E-state index is -0.681. The molecule has 1 aliphatic heterocycles. The molecule has 2 aromatic rings. The summed E-state index contributed by atoms with van der Waals surface area (Å²) in [6.45, 7) is 0.166. The van der Waals surface area contributed by atoms with Gasteiger partial charge in [-0.2, -0.15) is 5.26 Å². The number of ether oxygens (including phenoxy) is 4. The van der Waals surface area contributed by atoms with Crippen molar-refractivity contribution in [2.45, 2.75) is 13.0 Å². The summed E-state index contributed by atoms with van der Waals surface area (Å²) in [5.74, 6) is 0.580. The van der Waals surface area contributed by atoms with E-state index in [4.69, 9.17) is 24.2 Å². The van der Waals surface area contributed by atoms with Crippen molar-refractivity contribution >= 4 is 11.9 Å². The third-order valence-corrected chi connectivity index (χ3v) is 4.78. The summed E-state index contributed by atoms with van der Waals surface area (Å²) in [6.07, 6.45) is 0.670. The van der Waals surface area contributed by atoms with E-state index in [0.717, 1.165) is 11.1 Å². The molecule has 30 heavy (non-hydrogen) atoms. The number of methoxy groups -OCH3 is 2. The van der Waals surface area contributed by atoms with Crippen LogP contribution in [0.3, 0.4) is 0 Å². The normalized spacial score (nSPS) is 12.4. The molecular formula is C22H22N2O6. The van der Waals surface area contributed by atoms with E-state index in [1.54, 1.807) is 43.4 Å². The molecule has 0 radical (unpaired) electrons. The van der Waals surface area contributed by atoms with E-state index in [1.807, 2.05) is 18.2 Å². The highest BCUT2D eigenvalue weighted by atomic mass is 16.6. The second kappa shape index (κ2) is 9.65. The Labute approximate surface area is 174 Å². The highest BCUT2D eigenvalue weighted by Gasteiger charge is 2.23. The number of hydrogen-bond acceptors (Lipinski definition) is 7. The van der Waals surface area contributed by atoms with Crippen LogP contribution in [0.1, 0.15) is 16.7 Å². The highest BCUT2D eigenvalue weighted by Crippen LogP contribution is 2.33. The molecule has 0 bridgehead atoms. The number of carbonyl (C=O) groups is 2. The van der Waals surface area contributed by atoms with E-state index in [1.165, 1.54) is 0 Å². The van der Waals surface area contributed by atoms with Gasteiger partial charge in [0.15, 0.2) is 24.7 Å². The Balaban J connectivity index is 1.52. The number of nitriles is 1. The van der Waals surface area contributed by atoms with Gasteiger partial charge in [-0.25, -0.2) is 4.79 Å². The van der Waals surface area contributed by atoms with Gasteiger partial charge in [0.05, 0.1) is 19.8 Å². The summed E-state index contributed by atoms with van der Waals surface area (Å²) in [5.41, 5.74) is 2.38. The van der Waals surface area contributed by atoms with Gasteiger partial charge in [0.2, 0.25) is 0 Å². The van der Waals surface area contributed by atoms with Crippen LogP contribution in [0.2, 0.25) is 0 Å². The third kappa shape index (κ3) is 4.81. The maximum atomic E-state index is 12.5. The van der Waals surface area contributed by atoms with Crippen molar-refractivity contribution in [3.05, 3.63) is 53.1 Å². The largest absolute Gasteiger partial charge is 0.493 e. The third-order valence-electron chi connectivity index (χ3n) is 4.78. The average molecular weight is 410 g/mol. The van der Waals surface area contributed by atoms with Crippen LogP contribution in [0, 0.1) is 11.3 Å². The summed E-state index contributed by atoms with van der Waals surface area (Å²) in [4.78, 5) is 26.0. The highest BCUT2D eigenvalue weighted by molar-refractivity contribution is 5.81. The molecule has 1 heterocycles. The van der Waals surface area contributed by atoms with Gasteiger partial charge in [-0.15, -0.1) is 0 Å². The number of para-hydroxylation sites is 1. The van der Waals surface area contributed by atoms with Crippen molar-refractivity contribution in [2.24, 2.45) is 0 Å². The van der Waals surface area contributed by atoms with Gasteiger partial charge >= 0.3 is 5.97 Å². The molecule has 1 aliphatic rings. The lowest BCUT2D eigenvalue weighted by Gasteiger charge is -2.29. The van der Waals surface area contributed by atoms with Gasteiger partial charge in [-0.1, -0.05) is 12.1 Å². The van der Waals surface area contributed by atoms with Crippen LogP contribution in [0.25, 0.3) is 0 Å². The number of benzene rings is 2. The Morgan fingerprint density at radius 3 is 2.43 bits per heavy atom. The van der Waals surface area contributed by atoms with Gasteiger partial charge in [-0.3, -0.25) is 4.79 Å². The summed E-state index contributed by atoms with van der Waals surface area (Å²) in [6, 6.07) is 12.3. The molecule has 3 rings (SSSR count). The molecule has 0 N–H and O–H groups in total. The van der Waals surface area contributed by atoms with Crippen LogP contribution in [-0.2, 0) is 27.3 Å². The number of amides is 1. The minimum absolute atomic E-state index is 0.291. The second-order valence-electron chi connectivity index (χ2n) is 6.60. The number of hydrogen-bond donors (Lipinski definition) is 0. The predicted octanol–water partition coefficient (Wildman–Crippen LogP) is 2.08. The first-order valence-corrected chi connectivity index (χ1v) is 9.34. The summed E-state index contributed by atoms with van der Waals surface area (Å²) in [7, 11) is 3.15. The minimum Gasteiger partial charge on any atom is -0.493 e. The van der Waals surface area contributed by atoms with Crippen LogP contribution < -0.4 is 14.2 Å². The Bertz CT molecular complexity index is 982. The molecule has 0 saturated heterocycles. The van der Waals surface area contributed by atoms with Crippen LogP contribution >= 0.6 is 0 Å². The Kier molecular flexibility index (Phi) is 6.75. The van der Waals surface area contributed by atoms with Gasteiger partial charge < -0.3 is 23.8 Å². The predicted molar refractivity (Wildman–Crippen MR) is 106 cm³/mol. The number of rotatable bonds is 7. The fraction of sp³-hybridized carbons (Fsp3) is 0.318. The maximum absolute atomic E-state index is 12.5. The lowest BCUT2D eigenvalue weighted by atomic mass is 9.99. The molecular weight excluding hydrogens is 388 g/mol. The van der Waals surface area contributed by atoms with Crippen LogP contribution in [0.5, 0.6) is 17.2 Å². The van der Waals surface area contributed by atoms with Crippen molar-refractivity contribution < 1.29 is 28.5 Å². The SMILES string of the molecule is COc1cc2c(cc1OC)CN(C(=O)COC(=O)COc1ccccc1C#N)CC2. The lowest BCUT2D eigenvalue weighted by Crippen LogP contribution is -2.39. The fourth-order valence-electron chi connectivity index (χ4n) is 3.19. The average Bonchev–Trinajstić information content (AvgIpc) is 2.79. The van der Waals surface area contributed by atoms with Crippen molar-refractivity contribution in [3.8, 4) is 23.3 Å². The zero-order valence-corrected chi connectivity index (χ0v) is 16.8. The van der Waals surface area contributed by atoms with Gasteiger partial charge in [0.25, 0.3) is 5.91 Å². The van der Waals surface area contributed by atoms with Crippen molar-refractivity contribution in [2.75, 3.05) is 34.0 Å². The van der Waals surface area contributed by atoms with E-state index in [-0.39, 0.29) is 19.1 Å². The fourth-order valence-corrected chi connectivity index (χ4v) is 3.19. The molecule has 0 fully saturated rings. The van der Waals surface area contributed by atoms with E-state index >= 15 is 0 Å².